The lowest BCUT2D eigenvalue weighted by Crippen LogP contribution is -2.21. The van der Waals surface area contributed by atoms with Gasteiger partial charge in [0.15, 0.2) is 0 Å². The van der Waals surface area contributed by atoms with Gasteiger partial charge in [0.05, 0.1) is 16.3 Å². The van der Waals surface area contributed by atoms with E-state index < -0.39 is 17.1 Å². The van der Waals surface area contributed by atoms with Crippen molar-refractivity contribution >= 4 is 34.8 Å². The van der Waals surface area contributed by atoms with Crippen LogP contribution in [0.4, 0.5) is 42.0 Å². The second-order valence-corrected chi connectivity index (χ2v) is 5.77. The smallest absolute Gasteiger partial charge is 0.490 e. The van der Waals surface area contributed by atoms with E-state index in [4.69, 9.17) is 9.90 Å². The lowest BCUT2D eigenvalue weighted by molar-refractivity contribution is -0.384. The van der Waals surface area contributed by atoms with E-state index in [-0.39, 0.29) is 34.6 Å². The Morgan fingerprint density at radius 1 is 0.969 bits per heavy atom. The highest BCUT2D eigenvalue weighted by atomic mass is 19.4. The number of hydrogen-bond acceptors (Lipinski definition) is 9. The number of carboxylic acids is 1. The molecule has 0 saturated carbocycles. The molecule has 0 atom stereocenters. The van der Waals surface area contributed by atoms with Crippen molar-refractivity contribution in [1.82, 2.24) is 9.97 Å². The molecule has 1 aromatic heterocycles. The molecule has 3 rings (SSSR count). The number of nitrogens with zero attached hydrogens (tertiary/aromatic N) is 3. The highest BCUT2D eigenvalue weighted by molar-refractivity contribution is 5.73. The Labute approximate surface area is 177 Å². The molecule has 0 unspecified atom stereocenters. The van der Waals surface area contributed by atoms with Gasteiger partial charge in [-0.15, -0.1) is 0 Å². The summed E-state index contributed by atoms with van der Waals surface area (Å²) in [5.74, 6) is -2.90. The summed E-state index contributed by atoms with van der Waals surface area (Å²) in [6, 6.07) is 12.7. The van der Waals surface area contributed by atoms with Gasteiger partial charge in [0.2, 0.25) is 11.8 Å². The summed E-state index contributed by atoms with van der Waals surface area (Å²) >= 11 is 0. The molecule has 11 nitrogen and oxygen atoms in total. The van der Waals surface area contributed by atoms with Gasteiger partial charge >= 0.3 is 17.8 Å². The van der Waals surface area contributed by atoms with Crippen molar-refractivity contribution in [3.63, 3.8) is 0 Å². The largest absolute Gasteiger partial charge is 0.506 e. The summed E-state index contributed by atoms with van der Waals surface area (Å²) < 4.78 is 31.7. The number of para-hydroxylation sites is 4. The molecule has 2 aromatic carbocycles. The van der Waals surface area contributed by atoms with Crippen LogP contribution in [-0.2, 0) is 4.79 Å². The van der Waals surface area contributed by atoms with Gasteiger partial charge in [0.1, 0.15) is 17.7 Å². The van der Waals surface area contributed by atoms with Crippen molar-refractivity contribution in [2.45, 2.75) is 6.18 Å². The number of nitro groups is 1. The zero-order chi connectivity index (χ0) is 23.9. The summed E-state index contributed by atoms with van der Waals surface area (Å²) in [5, 5.41) is 43.4. The minimum Gasteiger partial charge on any atom is -0.506 e. The van der Waals surface area contributed by atoms with Crippen LogP contribution in [0.5, 0.6) is 11.5 Å². The van der Waals surface area contributed by atoms with Crippen LogP contribution < -0.4 is 10.6 Å². The number of anilines is 4. The van der Waals surface area contributed by atoms with E-state index >= 15 is 0 Å². The fourth-order valence-corrected chi connectivity index (χ4v) is 2.07. The standard InChI is InChI=1S/C16H13N5O4.C2HF3O2/c22-13-7-3-1-5-10(13)18-15-12(21(24)25)9-17-16(20-15)19-11-6-2-4-8-14(11)23;3-2(4,5)1(6)7/h1-9,22-23H,(H2,17,18,19,20);(H,6,7). The first-order chi connectivity index (χ1) is 15.0. The number of carbonyl (C=O) groups is 1. The van der Waals surface area contributed by atoms with Crippen LogP contribution in [0.2, 0.25) is 0 Å². The van der Waals surface area contributed by atoms with Crippen molar-refractivity contribution in [2.24, 2.45) is 0 Å². The number of phenols is 2. The first-order valence-corrected chi connectivity index (χ1v) is 8.40. The topological polar surface area (TPSA) is 171 Å². The maximum absolute atomic E-state index is 11.2. The van der Waals surface area contributed by atoms with Crippen LogP contribution in [0, 0.1) is 10.1 Å². The summed E-state index contributed by atoms with van der Waals surface area (Å²) in [6.45, 7) is 0. The molecular formula is C18H14F3N5O6. The van der Waals surface area contributed by atoms with E-state index in [2.05, 4.69) is 20.6 Å². The lowest BCUT2D eigenvalue weighted by Gasteiger charge is -2.10. The molecule has 0 fully saturated rings. The second-order valence-electron chi connectivity index (χ2n) is 5.77. The van der Waals surface area contributed by atoms with Gasteiger partial charge in [0, 0.05) is 0 Å². The molecule has 14 heteroatoms. The van der Waals surface area contributed by atoms with Crippen molar-refractivity contribution in [2.75, 3.05) is 10.6 Å². The van der Waals surface area contributed by atoms with E-state index in [1.807, 2.05) is 0 Å². The number of halogens is 3. The van der Waals surface area contributed by atoms with E-state index in [0.717, 1.165) is 6.20 Å². The minimum atomic E-state index is -5.08. The number of alkyl halides is 3. The predicted molar refractivity (Wildman–Crippen MR) is 105 cm³/mol. The Hall–Kier alpha value is -4.62. The average Bonchev–Trinajstić information content (AvgIpc) is 2.71. The molecule has 0 spiro atoms. The first-order valence-electron chi connectivity index (χ1n) is 8.40. The number of carboxylic acid groups (broad SMARTS) is 1. The molecule has 3 aromatic rings. The predicted octanol–water partition coefficient (Wildman–Crippen LogP) is 3.92. The number of hydrogen-bond donors (Lipinski definition) is 5. The van der Waals surface area contributed by atoms with Gasteiger partial charge in [-0.05, 0) is 24.3 Å². The van der Waals surface area contributed by atoms with Crippen molar-refractivity contribution in [3.8, 4) is 11.5 Å². The summed E-state index contributed by atoms with van der Waals surface area (Å²) in [7, 11) is 0. The molecule has 0 aliphatic carbocycles. The first kappa shape index (κ1) is 23.7. The van der Waals surface area contributed by atoms with Crippen LogP contribution in [0.15, 0.2) is 54.7 Å². The third kappa shape index (κ3) is 6.45. The van der Waals surface area contributed by atoms with Crippen molar-refractivity contribution < 1.29 is 38.2 Å². The van der Waals surface area contributed by atoms with Crippen molar-refractivity contribution in [3.05, 3.63) is 64.8 Å². The van der Waals surface area contributed by atoms with Crippen LogP contribution in [-0.4, -0.2) is 42.4 Å². The van der Waals surface area contributed by atoms with Crippen LogP contribution in [0.1, 0.15) is 0 Å². The van der Waals surface area contributed by atoms with Crippen LogP contribution >= 0.6 is 0 Å². The Kier molecular flexibility index (Phi) is 7.34. The second kappa shape index (κ2) is 9.92. The number of aliphatic carboxylic acids is 1. The third-order valence-electron chi connectivity index (χ3n) is 3.52. The van der Waals surface area contributed by atoms with Gasteiger partial charge < -0.3 is 26.0 Å². The Morgan fingerprint density at radius 3 is 1.88 bits per heavy atom. The highest BCUT2D eigenvalue weighted by Gasteiger charge is 2.38. The zero-order valence-corrected chi connectivity index (χ0v) is 15.7. The van der Waals surface area contributed by atoms with Crippen LogP contribution in [0.25, 0.3) is 0 Å². The van der Waals surface area contributed by atoms with E-state index in [0.29, 0.717) is 5.69 Å². The molecule has 5 N–H and O–H groups in total. The van der Waals surface area contributed by atoms with E-state index in [1.165, 1.54) is 12.1 Å². The molecule has 0 aliphatic rings. The third-order valence-corrected chi connectivity index (χ3v) is 3.52. The van der Waals surface area contributed by atoms with Gasteiger partial charge in [-0.25, -0.2) is 9.78 Å². The molecule has 0 amide bonds. The maximum atomic E-state index is 11.2. The SMILES string of the molecule is O=C(O)C(F)(F)F.O=[N+]([O-])c1cnc(Nc2ccccc2O)nc1Nc1ccccc1O. The number of aromatic nitrogens is 2. The molecule has 168 valence electrons. The molecule has 0 bridgehead atoms. The number of nitrogens with one attached hydrogen (secondary N) is 2. The Bertz CT molecular complexity index is 1130. The zero-order valence-electron chi connectivity index (χ0n) is 15.7. The van der Waals surface area contributed by atoms with Gasteiger partial charge in [-0.1, -0.05) is 24.3 Å². The summed E-state index contributed by atoms with van der Waals surface area (Å²) in [6.07, 6.45) is -4.04. The van der Waals surface area contributed by atoms with Gasteiger partial charge in [-0.2, -0.15) is 18.2 Å². The number of aromatic hydroxyl groups is 2. The monoisotopic (exact) mass is 453 g/mol. The average molecular weight is 453 g/mol. The highest BCUT2D eigenvalue weighted by Crippen LogP contribution is 2.31. The summed E-state index contributed by atoms with van der Waals surface area (Å²) in [4.78, 5) is 27.4. The van der Waals surface area contributed by atoms with Crippen molar-refractivity contribution in [1.29, 1.82) is 0 Å². The Balaban J connectivity index is 0.000000451. The fraction of sp³-hybridized carbons (Fsp3) is 0.0556. The van der Waals surface area contributed by atoms with Crippen LogP contribution in [0.3, 0.4) is 0 Å². The van der Waals surface area contributed by atoms with Gasteiger partial charge in [-0.3, -0.25) is 10.1 Å². The molecular weight excluding hydrogens is 439 g/mol. The molecule has 1 heterocycles. The quantitative estimate of drug-likeness (QED) is 0.217. The molecule has 32 heavy (non-hydrogen) atoms. The molecule has 0 saturated heterocycles. The number of benzene rings is 2. The van der Waals surface area contributed by atoms with E-state index in [1.54, 1.807) is 36.4 Å². The lowest BCUT2D eigenvalue weighted by atomic mass is 10.3. The Morgan fingerprint density at radius 2 is 1.44 bits per heavy atom. The maximum Gasteiger partial charge on any atom is 0.490 e. The number of phenolic OH excluding ortho intramolecular Hbond substituents is 2. The fourth-order valence-electron chi connectivity index (χ4n) is 2.07. The summed E-state index contributed by atoms with van der Waals surface area (Å²) in [5.41, 5.74) is 0.258. The minimum absolute atomic E-state index is 0.0142. The molecule has 0 radical (unpaired) electrons. The normalized spacial score (nSPS) is 10.5. The van der Waals surface area contributed by atoms with E-state index in [9.17, 15) is 33.5 Å². The molecule has 0 aliphatic heterocycles. The van der Waals surface area contributed by atoms with Gasteiger partial charge in [0.25, 0.3) is 0 Å². The number of rotatable bonds is 5.